The fraction of sp³-hybridized carbons (Fsp3) is 0. The lowest BCUT2D eigenvalue weighted by molar-refractivity contribution is 0.628. The zero-order valence-electron chi connectivity index (χ0n) is 8.61. The molecule has 2 heterocycles. The third-order valence-corrected chi connectivity index (χ3v) is 2.87. The van der Waals surface area contributed by atoms with Crippen molar-refractivity contribution < 1.29 is 4.39 Å². The first-order valence-corrected chi connectivity index (χ1v) is 5.37. The molecule has 0 aliphatic heterocycles. The minimum atomic E-state index is -0.456. The lowest BCUT2D eigenvalue weighted by Crippen LogP contribution is -1.85. The Labute approximate surface area is 101 Å². The lowest BCUT2D eigenvalue weighted by Gasteiger charge is -2.00. The van der Waals surface area contributed by atoms with Crippen LogP contribution in [-0.2, 0) is 0 Å². The summed E-state index contributed by atoms with van der Waals surface area (Å²) in [6.45, 7) is 0. The molecule has 0 aliphatic rings. The molecule has 0 radical (unpaired) electrons. The number of pyridine rings is 1. The fourth-order valence-electron chi connectivity index (χ4n) is 1.67. The second-order valence-corrected chi connectivity index (χ2v) is 3.96. The third kappa shape index (κ3) is 1.66. The highest BCUT2D eigenvalue weighted by Gasteiger charge is 2.11. The van der Waals surface area contributed by atoms with E-state index in [1.165, 1.54) is 6.07 Å². The molecular formula is C12H7ClFN3. The van der Waals surface area contributed by atoms with Gasteiger partial charge >= 0.3 is 0 Å². The zero-order chi connectivity index (χ0) is 11.8. The maximum absolute atomic E-state index is 13.3. The predicted molar refractivity (Wildman–Crippen MR) is 64.3 cm³/mol. The Bertz CT molecular complexity index is 660. The Morgan fingerprint density at radius 3 is 2.94 bits per heavy atom. The summed E-state index contributed by atoms with van der Waals surface area (Å²) < 4.78 is 13.3. The summed E-state index contributed by atoms with van der Waals surface area (Å²) >= 11 is 5.90. The Morgan fingerprint density at radius 2 is 2.12 bits per heavy atom. The van der Waals surface area contributed by atoms with E-state index in [2.05, 4.69) is 15.0 Å². The van der Waals surface area contributed by atoms with E-state index in [-0.39, 0.29) is 5.02 Å². The molecule has 5 heteroatoms. The van der Waals surface area contributed by atoms with E-state index in [9.17, 15) is 4.39 Å². The Kier molecular flexibility index (Phi) is 2.30. The number of fused-ring (bicyclic) bond motifs is 1. The van der Waals surface area contributed by atoms with Crippen LogP contribution in [0.25, 0.3) is 22.4 Å². The highest BCUT2D eigenvalue weighted by Crippen LogP contribution is 2.28. The van der Waals surface area contributed by atoms with Crippen LogP contribution in [0.3, 0.4) is 0 Å². The van der Waals surface area contributed by atoms with E-state index in [0.29, 0.717) is 11.4 Å². The molecule has 0 aliphatic carbocycles. The molecule has 0 atom stereocenters. The molecule has 0 unspecified atom stereocenters. The number of nitrogens with one attached hydrogen (secondary N) is 1. The molecule has 1 N–H and O–H groups in total. The quantitative estimate of drug-likeness (QED) is 0.716. The molecule has 3 aromatic rings. The van der Waals surface area contributed by atoms with Crippen molar-refractivity contribution in [3.63, 3.8) is 0 Å². The van der Waals surface area contributed by atoms with E-state index < -0.39 is 5.82 Å². The zero-order valence-corrected chi connectivity index (χ0v) is 9.37. The Balaban J connectivity index is 2.24. The first-order chi connectivity index (χ1) is 8.25. The molecule has 0 bridgehead atoms. The molecule has 0 amide bonds. The summed E-state index contributed by atoms with van der Waals surface area (Å²) in [4.78, 5) is 11.4. The van der Waals surface area contributed by atoms with E-state index in [1.807, 2.05) is 0 Å². The first-order valence-electron chi connectivity index (χ1n) is 5.00. The summed E-state index contributed by atoms with van der Waals surface area (Å²) in [5.74, 6) is 0.0836. The molecule has 3 rings (SSSR count). The van der Waals surface area contributed by atoms with Gasteiger partial charge < -0.3 is 4.98 Å². The van der Waals surface area contributed by atoms with Gasteiger partial charge in [-0.25, -0.2) is 9.37 Å². The van der Waals surface area contributed by atoms with Crippen molar-refractivity contribution in [3.8, 4) is 11.4 Å². The van der Waals surface area contributed by atoms with Crippen LogP contribution < -0.4 is 0 Å². The van der Waals surface area contributed by atoms with E-state index in [1.54, 1.807) is 30.6 Å². The smallest absolute Gasteiger partial charge is 0.142 e. The standard InChI is InChI=1S/C12H7ClFN3/c13-11-7(2-1-3-8(11)14)12-16-9-4-5-15-6-10(9)17-12/h1-6H,(H,16,17). The van der Waals surface area contributed by atoms with Crippen molar-refractivity contribution in [2.45, 2.75) is 0 Å². The molecule has 84 valence electrons. The maximum atomic E-state index is 13.3. The Hall–Kier alpha value is -1.94. The van der Waals surface area contributed by atoms with Gasteiger partial charge in [-0.3, -0.25) is 4.98 Å². The van der Waals surface area contributed by atoms with Gasteiger partial charge in [0.2, 0.25) is 0 Å². The highest BCUT2D eigenvalue weighted by atomic mass is 35.5. The summed E-state index contributed by atoms with van der Waals surface area (Å²) in [5, 5.41) is 0.0690. The van der Waals surface area contributed by atoms with Gasteiger partial charge in [0.1, 0.15) is 11.6 Å². The van der Waals surface area contributed by atoms with Gasteiger partial charge in [0.05, 0.1) is 22.3 Å². The van der Waals surface area contributed by atoms with Crippen molar-refractivity contribution >= 4 is 22.6 Å². The molecule has 17 heavy (non-hydrogen) atoms. The van der Waals surface area contributed by atoms with E-state index in [4.69, 9.17) is 11.6 Å². The second kappa shape index (κ2) is 3.82. The maximum Gasteiger partial charge on any atom is 0.142 e. The van der Waals surface area contributed by atoms with Crippen LogP contribution in [0.15, 0.2) is 36.7 Å². The van der Waals surface area contributed by atoms with Crippen LogP contribution in [-0.4, -0.2) is 15.0 Å². The van der Waals surface area contributed by atoms with Gasteiger partial charge in [-0.05, 0) is 18.2 Å². The van der Waals surface area contributed by atoms with Crippen LogP contribution in [0.2, 0.25) is 5.02 Å². The van der Waals surface area contributed by atoms with Crippen molar-refractivity contribution in [2.75, 3.05) is 0 Å². The Morgan fingerprint density at radius 1 is 1.24 bits per heavy atom. The molecule has 0 saturated carbocycles. The third-order valence-electron chi connectivity index (χ3n) is 2.49. The van der Waals surface area contributed by atoms with Gasteiger partial charge in [-0.1, -0.05) is 17.7 Å². The van der Waals surface area contributed by atoms with Crippen molar-refractivity contribution in [1.82, 2.24) is 15.0 Å². The molecule has 0 spiro atoms. The average Bonchev–Trinajstić information content (AvgIpc) is 2.76. The van der Waals surface area contributed by atoms with Crippen LogP contribution in [0, 0.1) is 5.82 Å². The molecule has 1 aromatic carbocycles. The second-order valence-electron chi connectivity index (χ2n) is 3.58. The number of imidazole rings is 1. The van der Waals surface area contributed by atoms with Crippen molar-refractivity contribution in [3.05, 3.63) is 47.5 Å². The minimum absolute atomic E-state index is 0.0690. The fourth-order valence-corrected chi connectivity index (χ4v) is 1.89. The van der Waals surface area contributed by atoms with Crippen LogP contribution in [0.1, 0.15) is 0 Å². The van der Waals surface area contributed by atoms with Gasteiger partial charge in [0.15, 0.2) is 0 Å². The number of halogens is 2. The predicted octanol–water partition coefficient (Wildman–Crippen LogP) is 3.42. The highest BCUT2D eigenvalue weighted by molar-refractivity contribution is 6.33. The molecule has 0 fully saturated rings. The van der Waals surface area contributed by atoms with Gasteiger partial charge in [0, 0.05) is 11.8 Å². The van der Waals surface area contributed by atoms with Crippen molar-refractivity contribution in [2.24, 2.45) is 0 Å². The summed E-state index contributed by atoms with van der Waals surface area (Å²) in [6.07, 6.45) is 3.32. The number of aromatic nitrogens is 3. The van der Waals surface area contributed by atoms with E-state index in [0.717, 1.165) is 11.0 Å². The van der Waals surface area contributed by atoms with Crippen molar-refractivity contribution in [1.29, 1.82) is 0 Å². The molecule has 0 saturated heterocycles. The normalized spacial score (nSPS) is 10.9. The van der Waals surface area contributed by atoms with Gasteiger partial charge in [0.25, 0.3) is 0 Å². The average molecular weight is 248 g/mol. The number of hydrogen-bond donors (Lipinski definition) is 1. The number of rotatable bonds is 1. The first kappa shape index (κ1) is 10.2. The van der Waals surface area contributed by atoms with Gasteiger partial charge in [-0.2, -0.15) is 0 Å². The van der Waals surface area contributed by atoms with Crippen LogP contribution in [0.5, 0.6) is 0 Å². The topological polar surface area (TPSA) is 41.6 Å². The summed E-state index contributed by atoms with van der Waals surface area (Å²) in [5.41, 5.74) is 2.11. The summed E-state index contributed by atoms with van der Waals surface area (Å²) in [7, 11) is 0. The monoisotopic (exact) mass is 247 g/mol. The van der Waals surface area contributed by atoms with E-state index >= 15 is 0 Å². The molecular weight excluding hydrogens is 241 g/mol. The SMILES string of the molecule is Fc1cccc(-c2nc3ccncc3[nH]2)c1Cl. The number of aromatic amines is 1. The lowest BCUT2D eigenvalue weighted by atomic mass is 10.2. The molecule has 2 aromatic heterocycles. The van der Waals surface area contributed by atoms with Crippen LogP contribution >= 0.6 is 11.6 Å². The van der Waals surface area contributed by atoms with Gasteiger partial charge in [-0.15, -0.1) is 0 Å². The number of H-pyrrole nitrogens is 1. The minimum Gasteiger partial charge on any atom is -0.337 e. The number of benzene rings is 1. The largest absolute Gasteiger partial charge is 0.337 e. The van der Waals surface area contributed by atoms with Crippen LogP contribution in [0.4, 0.5) is 4.39 Å². The summed E-state index contributed by atoms with van der Waals surface area (Å²) in [6, 6.07) is 6.41. The number of nitrogens with zero attached hydrogens (tertiary/aromatic N) is 2. The number of hydrogen-bond acceptors (Lipinski definition) is 2. The molecule has 3 nitrogen and oxygen atoms in total.